The van der Waals surface area contributed by atoms with Crippen molar-refractivity contribution in [2.24, 2.45) is 0 Å². The highest BCUT2D eigenvalue weighted by molar-refractivity contribution is 5.76. The van der Waals surface area contributed by atoms with Gasteiger partial charge in [0.15, 0.2) is 0 Å². The van der Waals surface area contributed by atoms with Crippen LogP contribution in [0.15, 0.2) is 171 Å². The number of benzene rings is 6. The lowest BCUT2D eigenvalue weighted by molar-refractivity contribution is 0.121. The van der Waals surface area contributed by atoms with Gasteiger partial charge in [0.2, 0.25) is 0 Å². The van der Waals surface area contributed by atoms with Crippen LogP contribution in [0.3, 0.4) is 0 Å². The fourth-order valence-corrected chi connectivity index (χ4v) is 5.68. The molecule has 6 aromatic rings. The maximum absolute atomic E-state index is 5.76. The Kier molecular flexibility index (Phi) is 12.1. The minimum atomic E-state index is 0.517. The molecule has 4 nitrogen and oxygen atoms in total. The molecule has 0 atom stereocenters. The summed E-state index contributed by atoms with van der Waals surface area (Å²) < 4.78 is 22.3. The summed E-state index contributed by atoms with van der Waals surface area (Å²) in [5.74, 6) is 1.67. The van der Waals surface area contributed by atoms with Gasteiger partial charge in [-0.2, -0.15) is 0 Å². The summed E-state index contributed by atoms with van der Waals surface area (Å²) in [6, 6.07) is 51.3. The van der Waals surface area contributed by atoms with E-state index in [0.717, 1.165) is 22.6 Å². The molecule has 0 radical (unpaired) electrons. The maximum atomic E-state index is 5.76. The smallest absolute Gasteiger partial charge is 0.119 e. The van der Waals surface area contributed by atoms with Gasteiger partial charge in [-0.3, -0.25) is 0 Å². The molecule has 6 aromatic carbocycles. The van der Waals surface area contributed by atoms with Gasteiger partial charge in [-0.15, -0.1) is 13.2 Å². The van der Waals surface area contributed by atoms with Crippen molar-refractivity contribution in [3.05, 3.63) is 171 Å². The second-order valence-electron chi connectivity index (χ2n) is 11.8. The van der Waals surface area contributed by atoms with E-state index in [1.54, 1.807) is 12.2 Å². The van der Waals surface area contributed by atoms with Gasteiger partial charge in [0.1, 0.15) is 24.7 Å². The highest BCUT2D eigenvalue weighted by atomic mass is 16.5. The van der Waals surface area contributed by atoms with Crippen molar-refractivity contribution in [2.75, 3.05) is 39.6 Å². The molecule has 0 bridgehead atoms. The Hall–Kier alpha value is -5.68. The maximum Gasteiger partial charge on any atom is 0.119 e. The highest BCUT2D eigenvalue weighted by Crippen LogP contribution is 2.31. The Balaban J connectivity index is 1.02. The van der Waals surface area contributed by atoms with Gasteiger partial charge >= 0.3 is 0 Å². The van der Waals surface area contributed by atoms with E-state index in [0.29, 0.717) is 39.6 Å². The van der Waals surface area contributed by atoms with Crippen molar-refractivity contribution in [3.63, 3.8) is 0 Å². The third kappa shape index (κ3) is 9.26. The molecule has 250 valence electrons. The molecule has 0 aliphatic rings. The van der Waals surface area contributed by atoms with Gasteiger partial charge in [0.25, 0.3) is 0 Å². The van der Waals surface area contributed by atoms with Crippen molar-refractivity contribution in [1.82, 2.24) is 0 Å². The minimum absolute atomic E-state index is 0.517. The summed E-state index contributed by atoms with van der Waals surface area (Å²) in [5, 5.41) is 0. The summed E-state index contributed by atoms with van der Waals surface area (Å²) in [4.78, 5) is 0. The van der Waals surface area contributed by atoms with Gasteiger partial charge in [0, 0.05) is 0 Å². The zero-order chi connectivity index (χ0) is 34.4. The molecular formula is C46H42O4. The Morgan fingerprint density at radius 3 is 0.700 bits per heavy atom. The molecule has 0 fully saturated rings. The third-order valence-electron chi connectivity index (χ3n) is 8.38. The van der Waals surface area contributed by atoms with Gasteiger partial charge in [-0.05, 0) is 79.9 Å². The molecule has 0 amide bonds. The zero-order valence-corrected chi connectivity index (χ0v) is 28.3. The lowest BCUT2D eigenvalue weighted by Crippen LogP contribution is -2.06. The topological polar surface area (TPSA) is 36.9 Å². The number of ether oxygens (including phenoxy) is 4. The van der Waals surface area contributed by atoms with Crippen molar-refractivity contribution in [1.29, 1.82) is 0 Å². The first kappa shape index (κ1) is 34.2. The van der Waals surface area contributed by atoms with Crippen LogP contribution >= 0.6 is 0 Å². The standard InChI is InChI=1S/C46H42O4/c1-3-29-47-31-33-49-45-25-21-43(22-26-45)41-17-13-39(14-18-41)37-9-5-35(6-10-37)36-7-11-38(12-8-36)40-15-19-42(20-16-40)44-23-27-46(28-24-44)50-34-32-48-30-4-2/h3-28H,1-2,29-34H2. The fourth-order valence-electron chi connectivity index (χ4n) is 5.68. The molecule has 6 rings (SSSR count). The molecule has 0 spiro atoms. The summed E-state index contributed by atoms with van der Waals surface area (Å²) >= 11 is 0. The number of hydrogen-bond acceptors (Lipinski definition) is 4. The van der Waals surface area contributed by atoms with Crippen molar-refractivity contribution in [2.45, 2.75) is 0 Å². The Morgan fingerprint density at radius 2 is 0.500 bits per heavy atom. The third-order valence-corrected chi connectivity index (χ3v) is 8.38. The van der Waals surface area contributed by atoms with E-state index in [2.05, 4.69) is 134 Å². The van der Waals surface area contributed by atoms with E-state index in [1.807, 2.05) is 24.3 Å². The summed E-state index contributed by atoms with van der Waals surface area (Å²) in [7, 11) is 0. The molecule has 0 unspecified atom stereocenters. The van der Waals surface area contributed by atoms with Crippen LogP contribution in [0.2, 0.25) is 0 Å². The first-order chi connectivity index (χ1) is 24.7. The first-order valence-electron chi connectivity index (χ1n) is 17.0. The molecule has 0 saturated carbocycles. The molecule has 0 aromatic heterocycles. The van der Waals surface area contributed by atoms with Crippen LogP contribution in [0.5, 0.6) is 11.5 Å². The number of rotatable bonds is 17. The lowest BCUT2D eigenvalue weighted by Gasteiger charge is -2.10. The molecule has 0 N–H and O–H groups in total. The van der Waals surface area contributed by atoms with E-state index >= 15 is 0 Å². The van der Waals surface area contributed by atoms with Gasteiger partial charge in [0.05, 0.1) is 26.4 Å². The van der Waals surface area contributed by atoms with Crippen LogP contribution in [-0.2, 0) is 9.47 Å². The van der Waals surface area contributed by atoms with Crippen LogP contribution in [0.25, 0.3) is 55.6 Å². The van der Waals surface area contributed by atoms with E-state index in [4.69, 9.17) is 18.9 Å². The largest absolute Gasteiger partial charge is 0.491 e. The van der Waals surface area contributed by atoms with E-state index in [9.17, 15) is 0 Å². The van der Waals surface area contributed by atoms with Gasteiger partial charge < -0.3 is 18.9 Å². The minimum Gasteiger partial charge on any atom is -0.491 e. The molecule has 0 aliphatic carbocycles. The molecule has 0 saturated heterocycles. The normalized spacial score (nSPS) is 10.8. The summed E-state index contributed by atoms with van der Waals surface area (Å²) in [6.45, 7) is 10.5. The summed E-state index contributed by atoms with van der Waals surface area (Å²) in [5.41, 5.74) is 11.8. The predicted molar refractivity (Wildman–Crippen MR) is 207 cm³/mol. The Bertz CT molecular complexity index is 1780. The predicted octanol–water partition coefficient (Wildman–Crippen LogP) is 11.2. The molecule has 0 aliphatic heterocycles. The average molecular weight is 659 g/mol. The molecule has 50 heavy (non-hydrogen) atoms. The van der Waals surface area contributed by atoms with Crippen LogP contribution in [0.4, 0.5) is 0 Å². The SMILES string of the molecule is C=CCOCCOc1ccc(-c2ccc(-c3ccc(-c4ccc(-c5ccc(-c6ccc(OCCOCC=C)cc6)cc5)cc4)cc3)cc2)cc1. The van der Waals surface area contributed by atoms with Crippen LogP contribution in [-0.4, -0.2) is 39.6 Å². The second-order valence-corrected chi connectivity index (χ2v) is 11.8. The van der Waals surface area contributed by atoms with Crippen molar-refractivity contribution >= 4 is 0 Å². The average Bonchev–Trinajstić information content (AvgIpc) is 3.19. The van der Waals surface area contributed by atoms with Gasteiger partial charge in [-0.1, -0.05) is 133 Å². The lowest BCUT2D eigenvalue weighted by atomic mass is 9.96. The number of hydrogen-bond donors (Lipinski definition) is 0. The molecular weight excluding hydrogens is 617 g/mol. The van der Waals surface area contributed by atoms with Crippen LogP contribution in [0, 0.1) is 0 Å². The molecule has 0 heterocycles. The zero-order valence-electron chi connectivity index (χ0n) is 28.3. The quantitative estimate of drug-likeness (QED) is 0.0722. The Morgan fingerprint density at radius 1 is 0.300 bits per heavy atom. The van der Waals surface area contributed by atoms with E-state index in [-0.39, 0.29) is 0 Å². The van der Waals surface area contributed by atoms with Gasteiger partial charge in [-0.25, -0.2) is 0 Å². The summed E-state index contributed by atoms with van der Waals surface area (Å²) in [6.07, 6.45) is 3.47. The van der Waals surface area contributed by atoms with E-state index in [1.165, 1.54) is 44.5 Å². The fraction of sp³-hybridized carbons (Fsp3) is 0.130. The van der Waals surface area contributed by atoms with Crippen LogP contribution < -0.4 is 9.47 Å². The highest BCUT2D eigenvalue weighted by Gasteiger charge is 2.06. The van der Waals surface area contributed by atoms with E-state index < -0.39 is 0 Å². The first-order valence-corrected chi connectivity index (χ1v) is 17.0. The van der Waals surface area contributed by atoms with Crippen molar-refractivity contribution < 1.29 is 18.9 Å². The Labute approximate surface area is 295 Å². The second kappa shape index (κ2) is 17.6. The van der Waals surface area contributed by atoms with Crippen LogP contribution in [0.1, 0.15) is 0 Å². The monoisotopic (exact) mass is 658 g/mol. The molecule has 4 heteroatoms. The van der Waals surface area contributed by atoms with Crippen molar-refractivity contribution in [3.8, 4) is 67.1 Å².